The minimum Gasteiger partial charge on any atom is -0.360 e. The van der Waals surface area contributed by atoms with E-state index >= 15 is 0 Å². The summed E-state index contributed by atoms with van der Waals surface area (Å²) < 4.78 is 4.88. The maximum absolute atomic E-state index is 13.1. The number of benzene rings is 1. The standard InChI is InChI=1S/C18H18N4O4/c1-11-9-14(21-26-11)19-15(23)10-22-16(24)18(20-17(22)25)8-4-6-12-5-2-3-7-13(12)18/h2-3,5,7,9H,4,6,8,10H2,1H3,(H,20,25)(H,19,21,23). The Hall–Kier alpha value is -3.16. The highest BCUT2D eigenvalue weighted by molar-refractivity contribution is 6.10. The van der Waals surface area contributed by atoms with Crippen molar-refractivity contribution in [3.63, 3.8) is 0 Å². The van der Waals surface area contributed by atoms with Crippen molar-refractivity contribution in [2.24, 2.45) is 0 Å². The number of carbonyl (C=O) groups excluding carboxylic acids is 3. The summed E-state index contributed by atoms with van der Waals surface area (Å²) in [6.07, 6.45) is 2.18. The Kier molecular flexibility index (Phi) is 3.75. The van der Waals surface area contributed by atoms with E-state index in [0.717, 1.165) is 28.9 Å². The number of nitrogens with one attached hydrogen (secondary N) is 2. The first-order valence-corrected chi connectivity index (χ1v) is 8.45. The predicted octanol–water partition coefficient (Wildman–Crippen LogP) is 1.71. The van der Waals surface area contributed by atoms with Crippen molar-refractivity contribution in [1.82, 2.24) is 15.4 Å². The number of nitrogens with zero attached hydrogens (tertiary/aromatic N) is 2. The first-order valence-electron chi connectivity index (χ1n) is 8.45. The van der Waals surface area contributed by atoms with Crippen LogP contribution in [0.1, 0.15) is 29.7 Å². The van der Waals surface area contributed by atoms with E-state index in [1.807, 2.05) is 24.3 Å². The molecule has 1 saturated heterocycles. The van der Waals surface area contributed by atoms with Gasteiger partial charge in [0.25, 0.3) is 5.91 Å². The lowest BCUT2D eigenvalue weighted by atomic mass is 9.76. The number of aromatic nitrogens is 1. The van der Waals surface area contributed by atoms with Crippen LogP contribution in [-0.4, -0.2) is 34.4 Å². The molecular formula is C18H18N4O4. The van der Waals surface area contributed by atoms with Gasteiger partial charge in [-0.25, -0.2) is 4.79 Å². The number of hydrogen-bond donors (Lipinski definition) is 2. The van der Waals surface area contributed by atoms with Crippen molar-refractivity contribution in [3.8, 4) is 0 Å². The lowest BCUT2D eigenvalue weighted by molar-refractivity contribution is -0.134. The van der Waals surface area contributed by atoms with Crippen LogP contribution in [0.2, 0.25) is 0 Å². The number of carbonyl (C=O) groups is 3. The first-order chi connectivity index (χ1) is 12.5. The molecule has 26 heavy (non-hydrogen) atoms. The number of hydrogen-bond acceptors (Lipinski definition) is 5. The maximum atomic E-state index is 13.1. The number of anilines is 1. The molecule has 1 aliphatic heterocycles. The largest absolute Gasteiger partial charge is 0.360 e. The Balaban J connectivity index is 1.56. The van der Waals surface area contributed by atoms with Crippen molar-refractivity contribution in [1.29, 1.82) is 0 Å². The molecule has 2 aromatic rings. The van der Waals surface area contributed by atoms with Gasteiger partial charge in [0.1, 0.15) is 17.8 Å². The van der Waals surface area contributed by atoms with Crippen LogP contribution in [0.15, 0.2) is 34.9 Å². The lowest BCUT2D eigenvalue weighted by Crippen LogP contribution is -2.47. The number of imide groups is 1. The Bertz CT molecular complexity index is 906. The van der Waals surface area contributed by atoms with Crippen LogP contribution in [0.4, 0.5) is 10.6 Å². The molecule has 2 N–H and O–H groups in total. The monoisotopic (exact) mass is 354 g/mol. The van der Waals surface area contributed by atoms with Gasteiger partial charge in [-0.3, -0.25) is 14.5 Å². The zero-order valence-corrected chi connectivity index (χ0v) is 14.2. The summed E-state index contributed by atoms with van der Waals surface area (Å²) in [5.74, 6) is -0.102. The van der Waals surface area contributed by atoms with E-state index in [1.54, 1.807) is 13.0 Å². The number of amides is 4. The Morgan fingerprint density at radius 1 is 1.38 bits per heavy atom. The Labute approximate surface area is 149 Å². The minimum absolute atomic E-state index is 0.247. The highest BCUT2D eigenvalue weighted by atomic mass is 16.5. The summed E-state index contributed by atoms with van der Waals surface area (Å²) in [4.78, 5) is 38.7. The molecule has 1 aliphatic carbocycles. The zero-order chi connectivity index (χ0) is 18.3. The second-order valence-corrected chi connectivity index (χ2v) is 6.61. The van der Waals surface area contributed by atoms with Gasteiger partial charge in [-0.15, -0.1) is 0 Å². The van der Waals surface area contributed by atoms with E-state index < -0.39 is 17.5 Å². The molecule has 8 heteroatoms. The van der Waals surface area contributed by atoms with E-state index in [4.69, 9.17) is 4.52 Å². The van der Waals surface area contributed by atoms with Crippen LogP contribution >= 0.6 is 0 Å². The van der Waals surface area contributed by atoms with Gasteiger partial charge < -0.3 is 15.2 Å². The smallest absolute Gasteiger partial charge is 0.325 e. The van der Waals surface area contributed by atoms with E-state index in [-0.39, 0.29) is 18.3 Å². The topological polar surface area (TPSA) is 105 Å². The van der Waals surface area contributed by atoms with Gasteiger partial charge in [-0.05, 0) is 37.3 Å². The van der Waals surface area contributed by atoms with Crippen molar-refractivity contribution in [3.05, 3.63) is 47.2 Å². The van der Waals surface area contributed by atoms with Crippen LogP contribution in [0.5, 0.6) is 0 Å². The normalized spacial score (nSPS) is 21.7. The summed E-state index contributed by atoms with van der Waals surface area (Å²) in [6, 6.07) is 8.62. The average Bonchev–Trinajstić information content (AvgIpc) is 3.12. The molecule has 2 aliphatic rings. The molecule has 1 aromatic heterocycles. The quantitative estimate of drug-likeness (QED) is 0.817. The van der Waals surface area contributed by atoms with Crippen LogP contribution in [0.25, 0.3) is 0 Å². The van der Waals surface area contributed by atoms with Crippen molar-refractivity contribution >= 4 is 23.7 Å². The molecule has 1 unspecified atom stereocenters. The van der Waals surface area contributed by atoms with Gasteiger partial charge >= 0.3 is 6.03 Å². The number of urea groups is 1. The third kappa shape index (κ3) is 2.54. The van der Waals surface area contributed by atoms with E-state index in [2.05, 4.69) is 15.8 Å². The number of fused-ring (bicyclic) bond motifs is 2. The minimum atomic E-state index is -1.07. The third-order valence-electron chi connectivity index (χ3n) is 4.85. The third-order valence-corrected chi connectivity index (χ3v) is 4.85. The van der Waals surface area contributed by atoms with Gasteiger partial charge in [-0.2, -0.15) is 0 Å². The fraction of sp³-hybridized carbons (Fsp3) is 0.333. The second-order valence-electron chi connectivity index (χ2n) is 6.61. The summed E-state index contributed by atoms with van der Waals surface area (Å²) in [5.41, 5.74) is 0.799. The molecular weight excluding hydrogens is 336 g/mol. The summed E-state index contributed by atoms with van der Waals surface area (Å²) >= 11 is 0. The fourth-order valence-electron chi connectivity index (χ4n) is 3.71. The number of aryl methyl sites for hydroxylation is 2. The first kappa shape index (κ1) is 16.3. The van der Waals surface area contributed by atoms with Crippen molar-refractivity contribution in [2.75, 3.05) is 11.9 Å². The van der Waals surface area contributed by atoms with Gasteiger partial charge in [0, 0.05) is 6.07 Å². The van der Waals surface area contributed by atoms with E-state index in [9.17, 15) is 14.4 Å². The molecule has 0 bridgehead atoms. The van der Waals surface area contributed by atoms with E-state index in [1.165, 1.54) is 0 Å². The molecule has 1 aromatic carbocycles. The fourth-order valence-corrected chi connectivity index (χ4v) is 3.71. The van der Waals surface area contributed by atoms with E-state index in [0.29, 0.717) is 12.2 Å². The Morgan fingerprint density at radius 2 is 2.19 bits per heavy atom. The molecule has 0 radical (unpaired) electrons. The molecule has 2 heterocycles. The second kappa shape index (κ2) is 5.98. The predicted molar refractivity (Wildman–Crippen MR) is 91.2 cm³/mol. The van der Waals surface area contributed by atoms with Crippen LogP contribution in [0, 0.1) is 6.92 Å². The Morgan fingerprint density at radius 3 is 2.96 bits per heavy atom. The lowest BCUT2D eigenvalue weighted by Gasteiger charge is -2.33. The molecule has 1 spiro atoms. The number of rotatable bonds is 3. The highest BCUT2D eigenvalue weighted by Gasteiger charge is 2.54. The summed E-state index contributed by atoms with van der Waals surface area (Å²) in [6.45, 7) is 1.32. The van der Waals surface area contributed by atoms with Crippen molar-refractivity contribution in [2.45, 2.75) is 31.7 Å². The average molecular weight is 354 g/mol. The van der Waals surface area contributed by atoms with Gasteiger partial charge in [0.2, 0.25) is 5.91 Å². The van der Waals surface area contributed by atoms with Crippen LogP contribution in [0.3, 0.4) is 0 Å². The molecule has 1 fully saturated rings. The van der Waals surface area contributed by atoms with Crippen molar-refractivity contribution < 1.29 is 18.9 Å². The van der Waals surface area contributed by atoms with Crippen LogP contribution < -0.4 is 10.6 Å². The molecule has 4 rings (SSSR count). The molecule has 134 valence electrons. The molecule has 1 atom stereocenters. The molecule has 4 amide bonds. The summed E-state index contributed by atoms with van der Waals surface area (Å²) in [5, 5.41) is 9.02. The molecule has 0 saturated carbocycles. The molecule has 8 nitrogen and oxygen atoms in total. The summed E-state index contributed by atoms with van der Waals surface area (Å²) in [7, 11) is 0. The maximum Gasteiger partial charge on any atom is 0.325 e. The van der Waals surface area contributed by atoms with Gasteiger partial charge in [0.05, 0.1) is 0 Å². The van der Waals surface area contributed by atoms with Gasteiger partial charge in [-0.1, -0.05) is 29.4 Å². The van der Waals surface area contributed by atoms with Crippen LogP contribution in [-0.2, 0) is 21.5 Å². The van der Waals surface area contributed by atoms with Gasteiger partial charge in [0.15, 0.2) is 5.82 Å². The SMILES string of the molecule is Cc1cc(NC(=O)CN2C(=O)NC3(CCCc4ccccc43)C2=O)no1. The zero-order valence-electron chi connectivity index (χ0n) is 14.2. The highest BCUT2D eigenvalue weighted by Crippen LogP contribution is 2.39.